The Morgan fingerprint density at radius 2 is 2.11 bits per heavy atom. The molecule has 1 aliphatic heterocycles. The van der Waals surface area contributed by atoms with Gasteiger partial charge < -0.3 is 15.2 Å². The van der Waals surface area contributed by atoms with E-state index in [4.69, 9.17) is 4.74 Å². The second kappa shape index (κ2) is 4.99. The lowest BCUT2D eigenvalue weighted by atomic mass is 10.1. The molecular formula is C15H17N2O2+. The number of phenolic OH excluding ortho intramolecular Hbond substituents is 1. The summed E-state index contributed by atoms with van der Waals surface area (Å²) in [5.41, 5.74) is 2.91. The van der Waals surface area contributed by atoms with Crippen LogP contribution in [0, 0.1) is 6.92 Å². The molecule has 98 valence electrons. The van der Waals surface area contributed by atoms with Crippen LogP contribution in [0.1, 0.15) is 29.2 Å². The van der Waals surface area contributed by atoms with Gasteiger partial charge in [-0.2, -0.15) is 0 Å². The van der Waals surface area contributed by atoms with E-state index in [2.05, 4.69) is 10.3 Å². The highest BCUT2D eigenvalue weighted by Gasteiger charge is 2.32. The Kier molecular flexibility index (Phi) is 3.19. The van der Waals surface area contributed by atoms with E-state index in [-0.39, 0.29) is 18.1 Å². The summed E-state index contributed by atoms with van der Waals surface area (Å²) in [6.45, 7) is 2.81. The van der Waals surface area contributed by atoms with Gasteiger partial charge in [-0.05, 0) is 25.1 Å². The molecule has 4 heteroatoms. The van der Waals surface area contributed by atoms with Gasteiger partial charge in [0.2, 0.25) is 6.23 Å². The molecule has 1 aromatic heterocycles. The van der Waals surface area contributed by atoms with Crippen LogP contribution >= 0.6 is 0 Å². The molecule has 2 unspecified atom stereocenters. The van der Waals surface area contributed by atoms with E-state index in [9.17, 15) is 5.11 Å². The average molecular weight is 257 g/mol. The number of hydrogen-bond donors (Lipinski definition) is 2. The van der Waals surface area contributed by atoms with E-state index in [1.807, 2.05) is 43.5 Å². The maximum Gasteiger partial charge on any atom is 0.221 e. The summed E-state index contributed by atoms with van der Waals surface area (Å²) in [6.07, 6.45) is 1.74. The van der Waals surface area contributed by atoms with Crippen LogP contribution in [0.15, 0.2) is 42.6 Å². The molecule has 2 atom stereocenters. The van der Waals surface area contributed by atoms with Gasteiger partial charge in [0, 0.05) is 17.5 Å². The number of para-hydroxylation sites is 1. The molecule has 0 spiro atoms. The minimum absolute atomic E-state index is 0.0257. The summed E-state index contributed by atoms with van der Waals surface area (Å²) in [5, 5.41) is 11.9. The second-order valence-electron chi connectivity index (χ2n) is 4.81. The van der Waals surface area contributed by atoms with Crippen molar-refractivity contribution in [2.45, 2.75) is 19.3 Å². The highest BCUT2D eigenvalue weighted by Crippen LogP contribution is 2.29. The number of pyridine rings is 1. The van der Waals surface area contributed by atoms with E-state index in [1.54, 1.807) is 6.07 Å². The maximum absolute atomic E-state index is 9.85. The predicted octanol–water partition coefficient (Wildman–Crippen LogP) is 1.43. The zero-order chi connectivity index (χ0) is 13.2. The van der Waals surface area contributed by atoms with Gasteiger partial charge in [0.05, 0.1) is 5.56 Å². The van der Waals surface area contributed by atoms with Crippen LogP contribution in [-0.4, -0.2) is 16.6 Å². The van der Waals surface area contributed by atoms with Crippen molar-refractivity contribution in [1.82, 2.24) is 4.98 Å². The van der Waals surface area contributed by atoms with Crippen molar-refractivity contribution in [2.75, 3.05) is 6.54 Å². The topological polar surface area (TPSA) is 59.0 Å². The fraction of sp³-hybridized carbons (Fsp3) is 0.267. The Hall–Kier alpha value is -1.91. The average Bonchev–Trinajstić information content (AvgIpc) is 2.89. The summed E-state index contributed by atoms with van der Waals surface area (Å²) < 4.78 is 6.00. The molecule has 0 saturated carbocycles. The Morgan fingerprint density at radius 3 is 2.84 bits per heavy atom. The van der Waals surface area contributed by atoms with Crippen molar-refractivity contribution >= 4 is 0 Å². The number of hydrogen-bond acceptors (Lipinski definition) is 3. The van der Waals surface area contributed by atoms with Gasteiger partial charge >= 0.3 is 0 Å². The predicted molar refractivity (Wildman–Crippen MR) is 70.4 cm³/mol. The minimum Gasteiger partial charge on any atom is -0.507 e. The van der Waals surface area contributed by atoms with Crippen molar-refractivity contribution in [1.29, 1.82) is 0 Å². The molecule has 0 radical (unpaired) electrons. The Bertz CT molecular complexity index is 569. The molecule has 1 aromatic carbocycles. The number of nitrogens with two attached hydrogens (primary N) is 1. The third-order valence-corrected chi connectivity index (χ3v) is 3.42. The lowest BCUT2D eigenvalue weighted by Crippen LogP contribution is -2.82. The lowest BCUT2D eigenvalue weighted by Gasteiger charge is -2.10. The molecule has 1 fully saturated rings. The number of ether oxygens (including phenoxy) is 1. The summed E-state index contributed by atoms with van der Waals surface area (Å²) in [6, 6.07) is 11.3. The van der Waals surface area contributed by atoms with Crippen molar-refractivity contribution in [3.63, 3.8) is 0 Å². The summed E-state index contributed by atoms with van der Waals surface area (Å²) in [7, 11) is 0. The smallest absolute Gasteiger partial charge is 0.221 e. The summed E-state index contributed by atoms with van der Waals surface area (Å²) >= 11 is 0. The standard InChI is InChI=1S/C15H16N2O2/c1-10-6-7-11(8-16-10)14-9-17-15(19-14)12-4-2-3-5-13(12)18/h2-8,14-15,17-18H,9H2,1H3/p+1. The van der Waals surface area contributed by atoms with Crippen LogP contribution in [0.5, 0.6) is 5.75 Å². The third-order valence-electron chi connectivity index (χ3n) is 3.42. The lowest BCUT2D eigenvalue weighted by molar-refractivity contribution is -0.698. The first-order valence-corrected chi connectivity index (χ1v) is 6.43. The maximum atomic E-state index is 9.85. The molecule has 3 rings (SSSR count). The number of aryl methyl sites for hydroxylation is 1. The first kappa shape index (κ1) is 12.1. The van der Waals surface area contributed by atoms with Crippen LogP contribution in [0.4, 0.5) is 0 Å². The first-order valence-electron chi connectivity index (χ1n) is 6.43. The number of aromatic nitrogens is 1. The third kappa shape index (κ3) is 2.45. The Labute approximate surface area is 112 Å². The van der Waals surface area contributed by atoms with Crippen LogP contribution < -0.4 is 5.32 Å². The molecule has 0 amide bonds. The largest absolute Gasteiger partial charge is 0.507 e. The SMILES string of the molecule is Cc1ccc(C2C[NH2+]C(c3ccccc3O)O2)cn1. The van der Waals surface area contributed by atoms with Crippen molar-refractivity contribution in [2.24, 2.45) is 0 Å². The first-order chi connectivity index (χ1) is 9.24. The number of nitrogens with zero attached hydrogens (tertiary/aromatic N) is 1. The van der Waals surface area contributed by atoms with E-state index in [1.165, 1.54) is 0 Å². The quantitative estimate of drug-likeness (QED) is 0.855. The van der Waals surface area contributed by atoms with Crippen LogP contribution in [0.2, 0.25) is 0 Å². The monoisotopic (exact) mass is 257 g/mol. The molecule has 2 heterocycles. The van der Waals surface area contributed by atoms with E-state index < -0.39 is 0 Å². The normalized spacial score (nSPS) is 22.6. The number of quaternary nitrogens is 1. The Balaban J connectivity index is 1.77. The molecule has 1 aliphatic rings. The van der Waals surface area contributed by atoms with E-state index in [0.29, 0.717) is 0 Å². The highest BCUT2D eigenvalue weighted by molar-refractivity contribution is 5.32. The van der Waals surface area contributed by atoms with Gasteiger partial charge in [-0.3, -0.25) is 4.98 Å². The van der Waals surface area contributed by atoms with Crippen LogP contribution in [0.25, 0.3) is 0 Å². The molecule has 3 N–H and O–H groups in total. The molecule has 1 saturated heterocycles. The zero-order valence-electron chi connectivity index (χ0n) is 10.8. The summed E-state index contributed by atoms with van der Waals surface area (Å²) in [5.74, 6) is 0.284. The fourth-order valence-corrected chi connectivity index (χ4v) is 2.35. The Morgan fingerprint density at radius 1 is 1.26 bits per heavy atom. The minimum atomic E-state index is -0.146. The number of rotatable bonds is 2. The van der Waals surface area contributed by atoms with Gasteiger partial charge in [-0.15, -0.1) is 0 Å². The van der Waals surface area contributed by atoms with Gasteiger partial charge in [-0.1, -0.05) is 18.2 Å². The van der Waals surface area contributed by atoms with E-state index >= 15 is 0 Å². The van der Waals surface area contributed by atoms with Gasteiger partial charge in [-0.25, -0.2) is 0 Å². The fourth-order valence-electron chi connectivity index (χ4n) is 2.35. The van der Waals surface area contributed by atoms with Gasteiger partial charge in [0.25, 0.3) is 0 Å². The molecule has 2 aromatic rings. The van der Waals surface area contributed by atoms with Gasteiger partial charge in [0.1, 0.15) is 18.4 Å². The second-order valence-corrected chi connectivity index (χ2v) is 4.81. The molecule has 0 aliphatic carbocycles. The van der Waals surface area contributed by atoms with Crippen LogP contribution in [-0.2, 0) is 4.74 Å². The molecular weight excluding hydrogens is 240 g/mol. The zero-order valence-corrected chi connectivity index (χ0v) is 10.8. The van der Waals surface area contributed by atoms with Crippen molar-refractivity contribution in [3.05, 3.63) is 59.4 Å². The number of phenols is 1. The molecule has 0 bridgehead atoms. The molecule has 4 nitrogen and oxygen atoms in total. The summed E-state index contributed by atoms with van der Waals surface area (Å²) in [4.78, 5) is 4.30. The van der Waals surface area contributed by atoms with Gasteiger partial charge in [0.15, 0.2) is 0 Å². The molecule has 19 heavy (non-hydrogen) atoms. The number of aromatic hydroxyl groups is 1. The highest BCUT2D eigenvalue weighted by atomic mass is 16.5. The van der Waals surface area contributed by atoms with Crippen LogP contribution in [0.3, 0.4) is 0 Å². The van der Waals surface area contributed by atoms with Crippen molar-refractivity contribution in [3.8, 4) is 5.75 Å². The van der Waals surface area contributed by atoms with E-state index in [0.717, 1.165) is 23.4 Å². The van der Waals surface area contributed by atoms with Crippen molar-refractivity contribution < 1.29 is 15.2 Å². The number of benzene rings is 1.